The van der Waals surface area contributed by atoms with Gasteiger partial charge >= 0.3 is 0 Å². The molecule has 3 heteroatoms. The third kappa shape index (κ3) is 2.77. The average molecular weight is 298 g/mol. The zero-order chi connectivity index (χ0) is 15.7. The third-order valence-electron chi connectivity index (χ3n) is 5.31. The molecule has 1 saturated carbocycles. The monoisotopic (exact) mass is 298 g/mol. The molecule has 22 heavy (non-hydrogen) atoms. The number of rotatable bonds is 3. The smallest absolute Gasteiger partial charge is 0.227 e. The number of aromatic amines is 1. The van der Waals surface area contributed by atoms with Crippen molar-refractivity contribution in [2.24, 2.45) is 5.92 Å². The second-order valence-electron chi connectivity index (χ2n) is 6.78. The van der Waals surface area contributed by atoms with Crippen LogP contribution in [-0.4, -0.2) is 28.9 Å². The fraction of sp³-hybridized carbons (Fsp3) is 0.526. The molecule has 2 aromatic rings. The lowest BCUT2D eigenvalue weighted by molar-refractivity contribution is -0.132. The van der Waals surface area contributed by atoms with E-state index in [4.69, 9.17) is 0 Å². The van der Waals surface area contributed by atoms with Gasteiger partial charge in [-0.25, -0.2) is 0 Å². The van der Waals surface area contributed by atoms with Crippen LogP contribution in [0, 0.1) is 12.8 Å². The maximum absolute atomic E-state index is 12.8. The van der Waals surface area contributed by atoms with E-state index in [2.05, 4.69) is 31.0 Å². The van der Waals surface area contributed by atoms with E-state index >= 15 is 0 Å². The lowest BCUT2D eigenvalue weighted by Crippen LogP contribution is -2.43. The number of aryl methyl sites for hydroxylation is 1. The van der Waals surface area contributed by atoms with Crippen LogP contribution >= 0.6 is 0 Å². The van der Waals surface area contributed by atoms with E-state index in [0.29, 0.717) is 18.4 Å². The standard InChI is InChI=1S/C19H26N2O/c1-13-8-4-7-11-18(13)21(3)19(22)12-16-14(2)20-17-10-6-5-9-15(16)17/h5-6,9-10,13,18,20H,4,7-8,11-12H2,1-3H3. The summed E-state index contributed by atoms with van der Waals surface area (Å²) in [6.45, 7) is 4.34. The molecule has 1 amide bonds. The topological polar surface area (TPSA) is 36.1 Å². The summed E-state index contributed by atoms with van der Waals surface area (Å²) >= 11 is 0. The van der Waals surface area contributed by atoms with E-state index < -0.39 is 0 Å². The van der Waals surface area contributed by atoms with Gasteiger partial charge in [-0.1, -0.05) is 38.0 Å². The molecule has 3 nitrogen and oxygen atoms in total. The number of H-pyrrole nitrogens is 1. The normalized spacial score (nSPS) is 22.0. The summed E-state index contributed by atoms with van der Waals surface area (Å²) in [4.78, 5) is 18.2. The van der Waals surface area contributed by atoms with Gasteiger partial charge in [0.2, 0.25) is 5.91 Å². The molecule has 1 aliphatic rings. The van der Waals surface area contributed by atoms with Gasteiger partial charge in [0.15, 0.2) is 0 Å². The van der Waals surface area contributed by atoms with E-state index in [1.54, 1.807) is 0 Å². The number of nitrogens with one attached hydrogen (secondary N) is 1. The van der Waals surface area contributed by atoms with E-state index in [1.807, 2.05) is 24.1 Å². The fourth-order valence-electron chi connectivity index (χ4n) is 3.90. The van der Waals surface area contributed by atoms with E-state index in [1.165, 1.54) is 24.6 Å². The third-order valence-corrected chi connectivity index (χ3v) is 5.31. The van der Waals surface area contributed by atoms with Gasteiger partial charge in [-0.05, 0) is 37.3 Å². The van der Waals surface area contributed by atoms with Gasteiger partial charge in [-0.3, -0.25) is 4.79 Å². The summed E-state index contributed by atoms with van der Waals surface area (Å²) in [7, 11) is 1.99. The Morgan fingerprint density at radius 3 is 2.77 bits per heavy atom. The molecule has 3 rings (SSSR count). The van der Waals surface area contributed by atoms with Crippen molar-refractivity contribution in [3.63, 3.8) is 0 Å². The highest BCUT2D eigenvalue weighted by atomic mass is 16.2. The van der Waals surface area contributed by atoms with Crippen molar-refractivity contribution in [3.05, 3.63) is 35.5 Å². The van der Waals surface area contributed by atoms with Crippen LogP contribution in [0.25, 0.3) is 10.9 Å². The minimum Gasteiger partial charge on any atom is -0.358 e. The van der Waals surface area contributed by atoms with Gasteiger partial charge in [0.25, 0.3) is 0 Å². The first-order valence-corrected chi connectivity index (χ1v) is 8.39. The van der Waals surface area contributed by atoms with Crippen molar-refractivity contribution < 1.29 is 4.79 Å². The van der Waals surface area contributed by atoms with E-state index in [-0.39, 0.29) is 5.91 Å². The first-order valence-electron chi connectivity index (χ1n) is 8.39. The van der Waals surface area contributed by atoms with Gasteiger partial charge in [0.1, 0.15) is 0 Å². The molecule has 1 aromatic heterocycles. The maximum Gasteiger partial charge on any atom is 0.227 e. The molecule has 1 aliphatic carbocycles. The molecule has 0 spiro atoms. The Kier molecular flexibility index (Phi) is 4.23. The van der Waals surface area contributed by atoms with Crippen molar-refractivity contribution in [3.8, 4) is 0 Å². The molecule has 1 N–H and O–H groups in total. The number of amides is 1. The second kappa shape index (κ2) is 6.15. The number of likely N-dealkylation sites (N-methyl/N-ethyl adjacent to an activating group) is 1. The zero-order valence-corrected chi connectivity index (χ0v) is 13.9. The second-order valence-corrected chi connectivity index (χ2v) is 6.78. The van der Waals surface area contributed by atoms with Crippen molar-refractivity contribution >= 4 is 16.8 Å². The van der Waals surface area contributed by atoms with Crippen molar-refractivity contribution in [1.82, 2.24) is 9.88 Å². The highest BCUT2D eigenvalue weighted by Crippen LogP contribution is 2.28. The van der Waals surface area contributed by atoms with Crippen molar-refractivity contribution in [2.75, 3.05) is 7.05 Å². The Balaban J connectivity index is 1.79. The van der Waals surface area contributed by atoms with Crippen molar-refractivity contribution in [1.29, 1.82) is 0 Å². The highest BCUT2D eigenvalue weighted by Gasteiger charge is 2.28. The summed E-state index contributed by atoms with van der Waals surface area (Å²) in [5, 5.41) is 1.18. The molecule has 2 atom stereocenters. The number of benzene rings is 1. The number of aromatic nitrogens is 1. The molecule has 118 valence electrons. The quantitative estimate of drug-likeness (QED) is 0.911. The SMILES string of the molecule is Cc1[nH]c2ccccc2c1CC(=O)N(C)C1CCCCC1C. The summed E-state index contributed by atoms with van der Waals surface area (Å²) in [6.07, 6.45) is 5.44. The number of carbonyl (C=O) groups excluding carboxylic acids is 1. The summed E-state index contributed by atoms with van der Waals surface area (Å²) in [5.41, 5.74) is 3.38. The predicted molar refractivity (Wildman–Crippen MR) is 90.9 cm³/mol. The molecule has 2 unspecified atom stereocenters. The van der Waals surface area contributed by atoms with Crippen LogP contribution in [0.1, 0.15) is 43.9 Å². The maximum atomic E-state index is 12.8. The van der Waals surface area contributed by atoms with Crippen molar-refractivity contribution in [2.45, 2.75) is 52.0 Å². The molecule has 0 saturated heterocycles. The molecule has 1 aromatic carbocycles. The molecule has 1 fully saturated rings. The number of carbonyl (C=O) groups is 1. The molecular formula is C19H26N2O. The Hall–Kier alpha value is -1.77. The highest BCUT2D eigenvalue weighted by molar-refractivity contribution is 5.90. The minimum atomic E-state index is 0.242. The Morgan fingerprint density at radius 2 is 2.00 bits per heavy atom. The molecule has 0 radical (unpaired) electrons. The fourth-order valence-corrected chi connectivity index (χ4v) is 3.90. The van der Waals surface area contributed by atoms with Crippen LogP contribution in [0.3, 0.4) is 0 Å². The number of hydrogen-bond acceptors (Lipinski definition) is 1. The van der Waals surface area contributed by atoms with E-state index in [9.17, 15) is 4.79 Å². The summed E-state index contributed by atoms with van der Waals surface area (Å²) in [6, 6.07) is 8.65. The van der Waals surface area contributed by atoms with E-state index in [0.717, 1.165) is 23.2 Å². The summed E-state index contributed by atoms with van der Waals surface area (Å²) < 4.78 is 0. The van der Waals surface area contributed by atoms with Crippen LogP contribution in [0.5, 0.6) is 0 Å². The van der Waals surface area contributed by atoms with Crippen LogP contribution in [0.4, 0.5) is 0 Å². The van der Waals surface area contributed by atoms with Gasteiger partial charge in [0.05, 0.1) is 6.42 Å². The zero-order valence-electron chi connectivity index (χ0n) is 13.9. The van der Waals surface area contributed by atoms with Crippen LogP contribution in [-0.2, 0) is 11.2 Å². The Morgan fingerprint density at radius 1 is 1.27 bits per heavy atom. The lowest BCUT2D eigenvalue weighted by atomic mass is 9.85. The predicted octanol–water partition coefficient (Wildman–Crippen LogP) is 4.06. The molecule has 0 bridgehead atoms. The number of fused-ring (bicyclic) bond motifs is 1. The average Bonchev–Trinajstić information content (AvgIpc) is 2.83. The molecule has 1 heterocycles. The number of nitrogens with zero attached hydrogens (tertiary/aromatic N) is 1. The minimum absolute atomic E-state index is 0.242. The largest absolute Gasteiger partial charge is 0.358 e. The van der Waals surface area contributed by atoms with Gasteiger partial charge in [0, 0.05) is 29.7 Å². The van der Waals surface area contributed by atoms with Crippen LogP contribution in [0.2, 0.25) is 0 Å². The first kappa shape index (κ1) is 15.1. The van der Waals surface area contributed by atoms with Gasteiger partial charge in [-0.2, -0.15) is 0 Å². The van der Waals surface area contributed by atoms with Crippen LogP contribution in [0.15, 0.2) is 24.3 Å². The lowest BCUT2D eigenvalue weighted by Gasteiger charge is -2.36. The van der Waals surface area contributed by atoms with Gasteiger partial charge < -0.3 is 9.88 Å². The summed E-state index contributed by atoms with van der Waals surface area (Å²) in [5.74, 6) is 0.860. The van der Waals surface area contributed by atoms with Crippen LogP contribution < -0.4 is 0 Å². The first-order chi connectivity index (χ1) is 10.6. The Bertz CT molecular complexity index is 673. The molecule has 0 aliphatic heterocycles. The number of para-hydroxylation sites is 1. The Labute approximate surface area is 132 Å². The number of hydrogen-bond donors (Lipinski definition) is 1. The molecular weight excluding hydrogens is 272 g/mol. The van der Waals surface area contributed by atoms with Gasteiger partial charge in [-0.15, -0.1) is 0 Å².